The van der Waals surface area contributed by atoms with Gasteiger partial charge in [0.05, 0.1) is 13.7 Å². The van der Waals surface area contributed by atoms with E-state index in [2.05, 4.69) is 20.9 Å². The summed E-state index contributed by atoms with van der Waals surface area (Å²) < 4.78 is 17.8. The van der Waals surface area contributed by atoms with Gasteiger partial charge in [-0.05, 0) is 65.5 Å². The third-order valence-electron chi connectivity index (χ3n) is 7.61. The largest absolute Gasteiger partial charge is 0.497 e. The van der Waals surface area contributed by atoms with Crippen LogP contribution in [0.25, 0.3) is 10.4 Å². The fraction of sp³-hybridized carbons (Fsp3) is 0.257. The lowest BCUT2D eigenvalue weighted by molar-refractivity contribution is -0.130. The molecule has 1 aliphatic rings. The summed E-state index contributed by atoms with van der Waals surface area (Å²) in [6, 6.07) is 29.6. The lowest BCUT2D eigenvalue weighted by atomic mass is 9.81. The predicted octanol–water partition coefficient (Wildman–Crippen LogP) is 6.03. The van der Waals surface area contributed by atoms with E-state index in [0.29, 0.717) is 53.4 Å². The van der Waals surface area contributed by atoms with Gasteiger partial charge in [-0.25, -0.2) is 10.4 Å². The summed E-state index contributed by atoms with van der Waals surface area (Å²) >= 11 is 0. The molecule has 1 aliphatic heterocycles. The van der Waals surface area contributed by atoms with Crippen LogP contribution in [0.3, 0.4) is 0 Å². The molecule has 0 unspecified atom stereocenters. The molecule has 5 rings (SSSR count). The summed E-state index contributed by atoms with van der Waals surface area (Å²) in [6.07, 6.45) is -0.293. The molecule has 1 heterocycles. The van der Waals surface area contributed by atoms with E-state index < -0.39 is 17.6 Å². The maximum atomic E-state index is 14.5. The molecule has 46 heavy (non-hydrogen) atoms. The highest BCUT2D eigenvalue weighted by Crippen LogP contribution is 2.44. The Bertz CT molecular complexity index is 1740. The Balaban J connectivity index is 1.57. The van der Waals surface area contributed by atoms with Crippen molar-refractivity contribution in [2.45, 2.75) is 38.0 Å². The van der Waals surface area contributed by atoms with Crippen molar-refractivity contribution in [1.82, 2.24) is 10.9 Å². The minimum absolute atomic E-state index is 0.0428. The Morgan fingerprint density at radius 1 is 1.04 bits per heavy atom. The molecular formula is C35H36N6O5. The number of aryl methyl sites for hydroxylation is 1. The first kappa shape index (κ1) is 32.1. The first-order chi connectivity index (χ1) is 22.5. The van der Waals surface area contributed by atoms with Crippen molar-refractivity contribution in [2.75, 3.05) is 20.3 Å². The van der Waals surface area contributed by atoms with Crippen LogP contribution in [0, 0.1) is 6.92 Å². The Morgan fingerprint density at radius 2 is 1.85 bits per heavy atom. The summed E-state index contributed by atoms with van der Waals surface area (Å²) in [5, 5.41) is 13.0. The van der Waals surface area contributed by atoms with Gasteiger partial charge in [-0.2, -0.15) is 0 Å². The maximum Gasteiger partial charge on any atom is 0.266 e. The van der Waals surface area contributed by atoms with Crippen molar-refractivity contribution >= 4 is 17.5 Å². The van der Waals surface area contributed by atoms with E-state index in [1.165, 1.54) is 0 Å². The molecule has 4 aromatic carbocycles. The molecule has 0 spiro atoms. The molecule has 0 fully saturated rings. The van der Waals surface area contributed by atoms with Gasteiger partial charge in [-0.15, -0.1) is 0 Å². The highest BCUT2D eigenvalue weighted by molar-refractivity contribution is 6.01. The van der Waals surface area contributed by atoms with E-state index in [-0.39, 0.29) is 18.9 Å². The van der Waals surface area contributed by atoms with Crippen LogP contribution in [0.2, 0.25) is 0 Å². The van der Waals surface area contributed by atoms with E-state index >= 15 is 0 Å². The van der Waals surface area contributed by atoms with Gasteiger partial charge < -0.3 is 19.3 Å². The van der Waals surface area contributed by atoms with E-state index in [4.69, 9.17) is 24.3 Å². The number of carbonyl (C=O) groups excluding carboxylic acids is 1. The average Bonchev–Trinajstić information content (AvgIpc) is 3.47. The number of benzene rings is 4. The van der Waals surface area contributed by atoms with Gasteiger partial charge in [0.25, 0.3) is 5.91 Å². The molecule has 1 amide bonds. The topological polar surface area (TPSA) is 150 Å². The van der Waals surface area contributed by atoms with Crippen molar-refractivity contribution in [1.29, 1.82) is 0 Å². The Kier molecular flexibility index (Phi) is 10.5. The number of hydrogen-bond donors (Lipinski definition) is 3. The first-order valence-electron chi connectivity index (χ1n) is 14.9. The SMILES string of the molecule is COc1cccc([C@@H]2OC(c3ccc(OCCCO)cc3)=N[C@]2(Cc2ccccc2N=[N+]=[N-])C(=O)NNCc2cccc(C)c2)c1. The van der Waals surface area contributed by atoms with Gasteiger partial charge in [-0.1, -0.05) is 71.3 Å². The monoisotopic (exact) mass is 620 g/mol. The van der Waals surface area contributed by atoms with Crippen molar-refractivity contribution in [3.63, 3.8) is 0 Å². The van der Waals surface area contributed by atoms with Crippen molar-refractivity contribution in [3.05, 3.63) is 135 Å². The maximum absolute atomic E-state index is 14.5. The number of amides is 1. The number of azide groups is 1. The number of ether oxygens (including phenoxy) is 3. The molecule has 0 saturated heterocycles. The van der Waals surface area contributed by atoms with Gasteiger partial charge in [0.1, 0.15) is 11.5 Å². The molecule has 0 bridgehead atoms. The van der Waals surface area contributed by atoms with E-state index in [1.54, 1.807) is 31.4 Å². The fourth-order valence-corrected chi connectivity index (χ4v) is 5.34. The highest BCUT2D eigenvalue weighted by atomic mass is 16.5. The van der Waals surface area contributed by atoms with Crippen molar-refractivity contribution in [2.24, 2.45) is 10.1 Å². The smallest absolute Gasteiger partial charge is 0.266 e. The van der Waals surface area contributed by atoms with Crippen LogP contribution in [0.1, 0.15) is 40.3 Å². The van der Waals surface area contributed by atoms with Gasteiger partial charge in [0.15, 0.2) is 11.6 Å². The van der Waals surface area contributed by atoms with Crippen LogP contribution in [-0.2, 0) is 22.5 Å². The molecule has 0 aliphatic carbocycles. The van der Waals surface area contributed by atoms with Crippen molar-refractivity contribution < 1.29 is 24.1 Å². The average molecular weight is 621 g/mol. The molecule has 0 aromatic heterocycles. The van der Waals surface area contributed by atoms with E-state index in [9.17, 15) is 10.3 Å². The third-order valence-corrected chi connectivity index (χ3v) is 7.61. The minimum Gasteiger partial charge on any atom is -0.497 e. The summed E-state index contributed by atoms with van der Waals surface area (Å²) in [7, 11) is 1.58. The minimum atomic E-state index is -1.53. The van der Waals surface area contributed by atoms with Crippen LogP contribution in [0.5, 0.6) is 11.5 Å². The zero-order chi connectivity index (χ0) is 32.4. The number of aliphatic hydroxyl groups excluding tert-OH is 1. The third kappa shape index (κ3) is 7.47. The number of carbonyl (C=O) groups is 1. The summed E-state index contributed by atoms with van der Waals surface area (Å²) in [6.45, 7) is 2.82. The van der Waals surface area contributed by atoms with Gasteiger partial charge in [-0.3, -0.25) is 10.2 Å². The Hall–Kier alpha value is -5.35. The van der Waals surface area contributed by atoms with E-state index in [1.807, 2.05) is 79.7 Å². The molecule has 3 N–H and O–H groups in total. The second kappa shape index (κ2) is 15.1. The standard InChI is InChI=1S/C35H36N6O5/c1-24-8-5-9-25(20-24)23-37-40-34(43)35(22-28-10-3-4-13-31(28)39-41-36)32(27-11-6-12-30(21-27)44-2)46-33(38-35)26-14-16-29(17-15-26)45-19-7-18-42/h3-6,8-17,20-21,32,37,42H,7,18-19,22-23H2,1-2H3,(H,40,43)/t32-,35-/m0/s1. The van der Waals surface area contributed by atoms with Gasteiger partial charge in [0, 0.05) is 42.2 Å². The lowest BCUT2D eigenvalue weighted by Gasteiger charge is -2.31. The summed E-state index contributed by atoms with van der Waals surface area (Å²) in [5.41, 5.74) is 18.2. The first-order valence-corrected chi connectivity index (χ1v) is 14.9. The number of methoxy groups -OCH3 is 1. The van der Waals surface area contributed by atoms with Crippen LogP contribution >= 0.6 is 0 Å². The predicted molar refractivity (Wildman–Crippen MR) is 175 cm³/mol. The van der Waals surface area contributed by atoms with E-state index in [0.717, 1.165) is 11.1 Å². The molecular weight excluding hydrogens is 584 g/mol. The molecule has 11 heteroatoms. The van der Waals surface area contributed by atoms with Crippen LogP contribution in [0.15, 0.2) is 107 Å². The highest BCUT2D eigenvalue weighted by Gasteiger charge is 2.53. The lowest BCUT2D eigenvalue weighted by Crippen LogP contribution is -2.53. The zero-order valence-corrected chi connectivity index (χ0v) is 25.7. The fourth-order valence-electron chi connectivity index (χ4n) is 5.34. The molecule has 0 saturated carbocycles. The molecule has 236 valence electrons. The van der Waals surface area contributed by atoms with Gasteiger partial charge >= 0.3 is 0 Å². The number of rotatable bonds is 14. The zero-order valence-electron chi connectivity index (χ0n) is 25.7. The normalized spacial score (nSPS) is 16.9. The van der Waals surface area contributed by atoms with Gasteiger partial charge in [0.2, 0.25) is 5.90 Å². The number of aliphatic hydroxyl groups is 1. The number of nitrogens with zero attached hydrogens (tertiary/aromatic N) is 4. The number of nitrogens with one attached hydrogen (secondary N) is 2. The molecule has 4 aromatic rings. The number of aliphatic imine (C=N–C) groups is 1. The Morgan fingerprint density at radius 3 is 2.61 bits per heavy atom. The van der Waals surface area contributed by atoms with Crippen molar-refractivity contribution in [3.8, 4) is 11.5 Å². The molecule has 0 radical (unpaired) electrons. The molecule has 2 atom stereocenters. The number of hydrazine groups is 1. The quantitative estimate of drug-likeness (QED) is 0.0515. The second-order valence-corrected chi connectivity index (χ2v) is 10.9. The van der Waals surface area contributed by atoms with Crippen LogP contribution in [0.4, 0.5) is 5.69 Å². The number of hydrogen-bond acceptors (Lipinski definition) is 8. The second-order valence-electron chi connectivity index (χ2n) is 10.9. The summed E-state index contributed by atoms with van der Waals surface area (Å²) in [5.74, 6) is 1.07. The molecule has 11 nitrogen and oxygen atoms in total. The van der Waals surface area contributed by atoms with Crippen LogP contribution in [-0.4, -0.2) is 42.8 Å². The summed E-state index contributed by atoms with van der Waals surface area (Å²) in [4.78, 5) is 22.5. The van der Waals surface area contributed by atoms with Crippen LogP contribution < -0.4 is 20.3 Å². The Labute approximate surface area is 267 Å².